The molecule has 1 aliphatic rings. The molecule has 0 unspecified atom stereocenters. The second kappa shape index (κ2) is 9.86. The van der Waals surface area contributed by atoms with Crippen LogP contribution < -0.4 is 15.0 Å². The zero-order valence-electron chi connectivity index (χ0n) is 20.8. The Hall–Kier alpha value is -4.74. The molecule has 0 fully saturated rings. The standard InChI is InChI=1S/C27H21F3N4O5/c1-15-6-11-19-23(31-15)32-21(34(25(19)36)16-7-9-17(38-2)10-8-16)12-13-33-24(35)18-4-3-5-20(22(18)26(33)37)39-14-27(28,29)30/h3-11H,12-14H2,1-2H3. The Morgan fingerprint density at radius 1 is 0.923 bits per heavy atom. The third-order valence-electron chi connectivity index (χ3n) is 6.18. The van der Waals surface area contributed by atoms with Crippen molar-refractivity contribution in [1.82, 2.24) is 19.4 Å². The second-order valence-electron chi connectivity index (χ2n) is 8.78. The van der Waals surface area contributed by atoms with E-state index in [9.17, 15) is 27.6 Å². The van der Waals surface area contributed by atoms with Crippen molar-refractivity contribution in [3.8, 4) is 17.2 Å². The number of pyridine rings is 1. The van der Waals surface area contributed by atoms with Gasteiger partial charge in [0.05, 0.1) is 29.3 Å². The summed E-state index contributed by atoms with van der Waals surface area (Å²) in [5.74, 6) is -0.986. The van der Waals surface area contributed by atoms with Crippen molar-refractivity contribution in [2.24, 2.45) is 0 Å². The molecule has 0 bridgehead atoms. The highest BCUT2D eigenvalue weighted by molar-refractivity contribution is 6.22. The van der Waals surface area contributed by atoms with Crippen LogP contribution in [0.1, 0.15) is 32.2 Å². The summed E-state index contributed by atoms with van der Waals surface area (Å²) in [6.45, 7) is -0.0372. The Labute approximate surface area is 219 Å². The predicted octanol–water partition coefficient (Wildman–Crippen LogP) is 3.88. The summed E-state index contributed by atoms with van der Waals surface area (Å²) in [4.78, 5) is 49.5. The number of aromatic nitrogens is 3. The number of carbonyl (C=O) groups is 2. The number of benzene rings is 2. The minimum atomic E-state index is -4.62. The van der Waals surface area contributed by atoms with Gasteiger partial charge in [-0.15, -0.1) is 0 Å². The first kappa shape index (κ1) is 25.9. The highest BCUT2D eigenvalue weighted by Gasteiger charge is 2.39. The van der Waals surface area contributed by atoms with Crippen LogP contribution >= 0.6 is 0 Å². The molecular formula is C27H21F3N4O5. The maximum atomic E-state index is 13.5. The molecule has 12 heteroatoms. The lowest BCUT2D eigenvalue weighted by atomic mass is 10.1. The number of imide groups is 1. The van der Waals surface area contributed by atoms with Gasteiger partial charge >= 0.3 is 6.18 Å². The van der Waals surface area contributed by atoms with Crippen molar-refractivity contribution in [3.63, 3.8) is 0 Å². The van der Waals surface area contributed by atoms with E-state index in [1.807, 2.05) is 0 Å². The molecule has 3 heterocycles. The maximum Gasteiger partial charge on any atom is 0.422 e. The van der Waals surface area contributed by atoms with Gasteiger partial charge < -0.3 is 9.47 Å². The van der Waals surface area contributed by atoms with Crippen LogP contribution in [0.4, 0.5) is 13.2 Å². The average molecular weight is 538 g/mol. The smallest absolute Gasteiger partial charge is 0.422 e. The van der Waals surface area contributed by atoms with Crippen LogP contribution in [0.5, 0.6) is 11.5 Å². The van der Waals surface area contributed by atoms with Crippen LogP contribution in [0.3, 0.4) is 0 Å². The van der Waals surface area contributed by atoms with E-state index in [1.165, 1.54) is 29.9 Å². The number of rotatable bonds is 7. The Morgan fingerprint density at radius 2 is 1.67 bits per heavy atom. The fourth-order valence-corrected chi connectivity index (χ4v) is 4.37. The zero-order chi connectivity index (χ0) is 27.9. The van der Waals surface area contributed by atoms with Crippen LogP contribution in [0.15, 0.2) is 59.4 Å². The Bertz CT molecular complexity index is 1670. The largest absolute Gasteiger partial charge is 0.497 e. The maximum absolute atomic E-state index is 13.5. The van der Waals surface area contributed by atoms with Gasteiger partial charge in [0.15, 0.2) is 12.3 Å². The van der Waals surface area contributed by atoms with Gasteiger partial charge in [-0.05, 0) is 55.5 Å². The Morgan fingerprint density at radius 3 is 2.36 bits per heavy atom. The number of hydrogen-bond donors (Lipinski definition) is 0. The number of ether oxygens (including phenoxy) is 2. The quantitative estimate of drug-likeness (QED) is 0.329. The van der Waals surface area contributed by atoms with Crippen LogP contribution in [0, 0.1) is 6.92 Å². The lowest BCUT2D eigenvalue weighted by molar-refractivity contribution is -0.153. The summed E-state index contributed by atoms with van der Waals surface area (Å²) in [5, 5.41) is 0.285. The van der Waals surface area contributed by atoms with Gasteiger partial charge in [0.1, 0.15) is 17.3 Å². The first-order valence-corrected chi connectivity index (χ1v) is 11.8. The van der Waals surface area contributed by atoms with E-state index in [0.29, 0.717) is 17.1 Å². The highest BCUT2D eigenvalue weighted by Crippen LogP contribution is 2.32. The molecular weight excluding hydrogens is 517 g/mol. The van der Waals surface area contributed by atoms with Crippen molar-refractivity contribution in [3.05, 3.63) is 87.6 Å². The molecule has 2 aromatic heterocycles. The number of methoxy groups -OCH3 is 1. The van der Waals surface area contributed by atoms with Gasteiger partial charge in [0.25, 0.3) is 17.4 Å². The molecule has 0 atom stereocenters. The SMILES string of the molecule is COc1ccc(-n2c(CCN3C(=O)c4cccc(OCC(F)(F)F)c4C3=O)nc3nc(C)ccc3c2=O)cc1. The van der Waals surface area contributed by atoms with Crippen molar-refractivity contribution in [2.75, 3.05) is 20.3 Å². The summed E-state index contributed by atoms with van der Waals surface area (Å²) >= 11 is 0. The van der Waals surface area contributed by atoms with Gasteiger partial charge in [0, 0.05) is 18.7 Å². The third kappa shape index (κ3) is 4.92. The fourth-order valence-electron chi connectivity index (χ4n) is 4.37. The number of halogens is 3. The Balaban J connectivity index is 1.50. The molecule has 9 nitrogen and oxygen atoms in total. The van der Waals surface area contributed by atoms with Gasteiger partial charge in [-0.1, -0.05) is 6.07 Å². The van der Waals surface area contributed by atoms with E-state index in [0.717, 1.165) is 4.90 Å². The molecule has 0 aliphatic carbocycles. The molecule has 2 amide bonds. The van der Waals surface area contributed by atoms with Gasteiger partial charge in [-0.25, -0.2) is 9.97 Å². The second-order valence-corrected chi connectivity index (χ2v) is 8.78. The van der Waals surface area contributed by atoms with Gasteiger partial charge in [-0.2, -0.15) is 13.2 Å². The number of alkyl halides is 3. The number of hydrogen-bond acceptors (Lipinski definition) is 7. The lowest BCUT2D eigenvalue weighted by Gasteiger charge is -2.17. The van der Waals surface area contributed by atoms with Crippen molar-refractivity contribution in [1.29, 1.82) is 0 Å². The number of nitrogens with zero attached hydrogens (tertiary/aromatic N) is 4. The van der Waals surface area contributed by atoms with Crippen LogP contribution in [0.2, 0.25) is 0 Å². The molecule has 0 radical (unpaired) electrons. The van der Waals surface area contributed by atoms with Crippen molar-refractivity contribution in [2.45, 2.75) is 19.5 Å². The predicted molar refractivity (Wildman–Crippen MR) is 133 cm³/mol. The van der Waals surface area contributed by atoms with E-state index in [1.54, 1.807) is 43.3 Å². The number of amides is 2. The van der Waals surface area contributed by atoms with Gasteiger partial charge in [0.2, 0.25) is 0 Å². The topological polar surface area (TPSA) is 104 Å². The molecule has 0 spiro atoms. The van der Waals surface area contributed by atoms with E-state index >= 15 is 0 Å². The van der Waals surface area contributed by atoms with Crippen molar-refractivity contribution < 1.29 is 32.2 Å². The first-order chi connectivity index (χ1) is 18.6. The van der Waals surface area contributed by atoms with Crippen LogP contribution in [-0.2, 0) is 6.42 Å². The number of fused-ring (bicyclic) bond motifs is 2. The molecule has 0 saturated heterocycles. The monoisotopic (exact) mass is 538 g/mol. The molecule has 2 aromatic carbocycles. The van der Waals surface area contributed by atoms with E-state index in [4.69, 9.17) is 9.47 Å². The molecule has 4 aromatic rings. The zero-order valence-corrected chi connectivity index (χ0v) is 20.8. The Kier molecular flexibility index (Phi) is 6.54. The number of carbonyl (C=O) groups excluding carboxylic acids is 2. The van der Waals surface area contributed by atoms with E-state index in [-0.39, 0.29) is 46.7 Å². The summed E-state index contributed by atoms with van der Waals surface area (Å²) in [6.07, 6.45) is -4.65. The van der Waals surface area contributed by atoms with Crippen LogP contribution in [-0.4, -0.2) is 57.7 Å². The highest BCUT2D eigenvalue weighted by atomic mass is 19.4. The summed E-state index contributed by atoms with van der Waals surface area (Å²) < 4.78 is 49.5. The molecule has 200 valence electrons. The number of aryl methyl sites for hydroxylation is 1. The van der Waals surface area contributed by atoms with Gasteiger partial charge in [-0.3, -0.25) is 23.9 Å². The van der Waals surface area contributed by atoms with Crippen molar-refractivity contribution >= 4 is 22.8 Å². The molecule has 39 heavy (non-hydrogen) atoms. The molecule has 5 rings (SSSR count). The third-order valence-corrected chi connectivity index (χ3v) is 6.18. The summed E-state index contributed by atoms with van der Waals surface area (Å²) in [7, 11) is 1.51. The first-order valence-electron chi connectivity index (χ1n) is 11.8. The van der Waals surface area contributed by atoms with Crippen LogP contribution in [0.25, 0.3) is 16.7 Å². The molecule has 0 N–H and O–H groups in total. The average Bonchev–Trinajstić information content (AvgIpc) is 3.15. The minimum absolute atomic E-state index is 0.0307. The normalized spacial score (nSPS) is 13.2. The van der Waals surface area contributed by atoms with E-state index in [2.05, 4.69) is 9.97 Å². The summed E-state index contributed by atoms with van der Waals surface area (Å²) in [5.41, 5.74) is 0.659. The molecule has 1 aliphatic heterocycles. The summed E-state index contributed by atoms with van der Waals surface area (Å²) in [6, 6.07) is 13.9. The fraction of sp³-hybridized carbons (Fsp3) is 0.222. The lowest BCUT2D eigenvalue weighted by Crippen LogP contribution is -2.34. The minimum Gasteiger partial charge on any atom is -0.497 e. The van der Waals surface area contributed by atoms with E-state index < -0.39 is 30.2 Å². The molecule has 0 saturated carbocycles.